The van der Waals surface area contributed by atoms with Gasteiger partial charge in [0.2, 0.25) is 3.79 Å². The molecule has 0 bridgehead atoms. The van der Waals surface area contributed by atoms with Gasteiger partial charge in [-0.1, -0.05) is 71.2 Å². The third kappa shape index (κ3) is 5.86. The van der Waals surface area contributed by atoms with Gasteiger partial charge in [-0.2, -0.15) is 0 Å². The Bertz CT molecular complexity index is 1130. The molecule has 0 aromatic heterocycles. The molecule has 3 aromatic rings. The fraction of sp³-hybridized carbons (Fsp3) is 0.182. The molecule has 0 spiro atoms. The zero-order chi connectivity index (χ0) is 23.3. The van der Waals surface area contributed by atoms with E-state index >= 15 is 0 Å². The van der Waals surface area contributed by atoms with Crippen LogP contribution in [0.4, 0.5) is 5.69 Å². The van der Waals surface area contributed by atoms with Crippen LogP contribution in [0.3, 0.4) is 0 Å². The second kappa shape index (κ2) is 10.4. The van der Waals surface area contributed by atoms with Crippen molar-refractivity contribution in [2.75, 3.05) is 19.5 Å². The largest absolute Gasteiger partial charge is 0.493 e. The summed E-state index contributed by atoms with van der Waals surface area (Å²) in [5, 5.41) is 10.8. The monoisotopic (exact) mass is 511 g/mol. The van der Waals surface area contributed by atoms with Gasteiger partial charge in [0.1, 0.15) is 6.17 Å². The Kier molecular flexibility index (Phi) is 7.90. The maximum atomic E-state index is 12.8. The summed E-state index contributed by atoms with van der Waals surface area (Å²) in [6.45, 7) is 0. The highest BCUT2D eigenvalue weighted by molar-refractivity contribution is 7.80. The Labute approximate surface area is 206 Å². The van der Waals surface area contributed by atoms with Crippen molar-refractivity contribution in [3.05, 3.63) is 66.2 Å². The number of hydrogen-bond acceptors (Lipinski definition) is 4. The van der Waals surface area contributed by atoms with Crippen molar-refractivity contribution in [2.24, 2.45) is 0 Å². The standard InChI is InChI=1S/C22H20Cl3N3O3S/c1-30-17-11-10-14(12-18(17)31-2)19(29)27-20(22(23,24)25)28-21(32)26-16-9-5-7-13-6-3-4-8-15(13)16/h3-12,20H,1-2H3,(H,27,29)(H2,26,28,32). The highest BCUT2D eigenvalue weighted by Gasteiger charge is 2.35. The molecule has 1 unspecified atom stereocenters. The van der Waals surface area contributed by atoms with E-state index in [2.05, 4.69) is 16.0 Å². The molecule has 6 nitrogen and oxygen atoms in total. The molecule has 0 aliphatic carbocycles. The van der Waals surface area contributed by atoms with Gasteiger partial charge in [-0.05, 0) is 41.9 Å². The summed E-state index contributed by atoms with van der Waals surface area (Å²) in [5.41, 5.74) is 1.06. The maximum absolute atomic E-state index is 12.8. The number of rotatable bonds is 6. The van der Waals surface area contributed by atoms with Crippen molar-refractivity contribution in [1.82, 2.24) is 10.6 Å². The lowest BCUT2D eigenvalue weighted by atomic mass is 10.1. The van der Waals surface area contributed by atoms with Crippen LogP contribution >= 0.6 is 47.0 Å². The first-order chi connectivity index (χ1) is 15.2. The number of ether oxygens (including phenoxy) is 2. The first-order valence-corrected chi connectivity index (χ1v) is 10.9. The summed E-state index contributed by atoms with van der Waals surface area (Å²) in [7, 11) is 2.98. The smallest absolute Gasteiger partial charge is 0.253 e. The lowest BCUT2D eigenvalue weighted by Gasteiger charge is -2.28. The van der Waals surface area contributed by atoms with Crippen molar-refractivity contribution in [2.45, 2.75) is 9.96 Å². The molecule has 32 heavy (non-hydrogen) atoms. The minimum absolute atomic E-state index is 0.172. The summed E-state index contributed by atoms with van der Waals surface area (Å²) in [5.74, 6) is 0.384. The number of carbonyl (C=O) groups is 1. The fourth-order valence-corrected chi connectivity index (χ4v) is 3.57. The number of alkyl halides is 3. The summed E-state index contributed by atoms with van der Waals surface area (Å²) in [4.78, 5) is 12.8. The van der Waals surface area contributed by atoms with E-state index in [-0.39, 0.29) is 10.7 Å². The minimum atomic E-state index is -1.89. The van der Waals surface area contributed by atoms with E-state index in [0.29, 0.717) is 11.5 Å². The highest BCUT2D eigenvalue weighted by atomic mass is 35.6. The molecule has 0 heterocycles. The van der Waals surface area contributed by atoms with Gasteiger partial charge in [0.25, 0.3) is 5.91 Å². The number of fused-ring (bicyclic) bond motifs is 1. The van der Waals surface area contributed by atoms with E-state index in [1.165, 1.54) is 20.3 Å². The third-order valence-electron chi connectivity index (χ3n) is 4.56. The van der Waals surface area contributed by atoms with Crippen molar-refractivity contribution >= 4 is 74.5 Å². The Morgan fingerprint density at radius 2 is 1.62 bits per heavy atom. The molecule has 3 aromatic carbocycles. The van der Waals surface area contributed by atoms with Crippen molar-refractivity contribution in [3.8, 4) is 11.5 Å². The van der Waals surface area contributed by atoms with Gasteiger partial charge in [0.05, 0.1) is 14.2 Å². The molecule has 1 atom stereocenters. The fourth-order valence-electron chi connectivity index (χ4n) is 3.02. The molecule has 0 fully saturated rings. The van der Waals surface area contributed by atoms with Crippen LogP contribution < -0.4 is 25.4 Å². The molecule has 0 aliphatic rings. The van der Waals surface area contributed by atoms with Gasteiger partial charge in [-0.15, -0.1) is 0 Å². The lowest BCUT2D eigenvalue weighted by molar-refractivity contribution is 0.0934. The molecule has 1 amide bonds. The Morgan fingerprint density at radius 3 is 2.31 bits per heavy atom. The van der Waals surface area contributed by atoms with Crippen LogP contribution in [0.5, 0.6) is 11.5 Å². The number of thiocarbonyl (C=S) groups is 1. The molecule has 0 saturated heterocycles. The van der Waals surface area contributed by atoms with Crippen molar-refractivity contribution in [1.29, 1.82) is 0 Å². The first kappa shape index (κ1) is 24.2. The predicted octanol–water partition coefficient (Wildman–Crippen LogP) is 5.27. The molecule has 168 valence electrons. The quantitative estimate of drug-likeness (QED) is 0.237. The average Bonchev–Trinajstić information content (AvgIpc) is 2.77. The zero-order valence-electron chi connectivity index (χ0n) is 17.1. The topological polar surface area (TPSA) is 71.6 Å². The molecule has 3 rings (SSSR count). The van der Waals surface area contributed by atoms with E-state index < -0.39 is 15.9 Å². The average molecular weight is 513 g/mol. The lowest BCUT2D eigenvalue weighted by Crippen LogP contribution is -2.56. The number of nitrogens with one attached hydrogen (secondary N) is 3. The number of halogens is 3. The molecule has 10 heteroatoms. The van der Waals surface area contributed by atoms with Crippen LogP contribution in [0.1, 0.15) is 10.4 Å². The summed E-state index contributed by atoms with van der Waals surface area (Å²) >= 11 is 23.7. The van der Waals surface area contributed by atoms with Gasteiger partial charge in [0.15, 0.2) is 16.6 Å². The van der Waals surface area contributed by atoms with Crippen LogP contribution in [-0.2, 0) is 0 Å². The van der Waals surface area contributed by atoms with Crippen LogP contribution in [-0.4, -0.2) is 35.2 Å². The van der Waals surface area contributed by atoms with Crippen molar-refractivity contribution in [3.63, 3.8) is 0 Å². The third-order valence-corrected chi connectivity index (χ3v) is 5.44. The van der Waals surface area contributed by atoms with E-state index in [1.54, 1.807) is 12.1 Å². The van der Waals surface area contributed by atoms with Gasteiger partial charge in [0, 0.05) is 16.6 Å². The van der Waals surface area contributed by atoms with Gasteiger partial charge in [-0.3, -0.25) is 4.79 Å². The molecular formula is C22H20Cl3N3O3S. The van der Waals surface area contributed by atoms with Crippen LogP contribution in [0.15, 0.2) is 60.7 Å². The van der Waals surface area contributed by atoms with E-state index in [9.17, 15) is 4.79 Å². The van der Waals surface area contributed by atoms with E-state index in [4.69, 9.17) is 56.5 Å². The summed E-state index contributed by atoms with van der Waals surface area (Å²) in [6.07, 6.45) is -1.12. The SMILES string of the molecule is COc1ccc(C(=O)NC(NC(=S)Nc2cccc3ccccc23)C(Cl)(Cl)Cl)cc1OC. The number of methoxy groups -OCH3 is 2. The van der Waals surface area contributed by atoms with Crippen molar-refractivity contribution < 1.29 is 14.3 Å². The highest BCUT2D eigenvalue weighted by Crippen LogP contribution is 2.31. The van der Waals surface area contributed by atoms with Gasteiger partial charge < -0.3 is 25.4 Å². The van der Waals surface area contributed by atoms with Crippen LogP contribution in [0.25, 0.3) is 10.8 Å². The second-order valence-electron chi connectivity index (χ2n) is 6.64. The number of amides is 1. The molecule has 0 saturated carbocycles. The zero-order valence-corrected chi connectivity index (χ0v) is 20.2. The Morgan fingerprint density at radius 1 is 0.938 bits per heavy atom. The Hall–Kier alpha value is -2.45. The summed E-state index contributed by atoms with van der Waals surface area (Å²) < 4.78 is 8.53. The molecule has 0 aliphatic heterocycles. The van der Waals surface area contributed by atoms with E-state index in [1.807, 2.05) is 42.5 Å². The number of carbonyl (C=O) groups excluding carboxylic acids is 1. The maximum Gasteiger partial charge on any atom is 0.253 e. The number of hydrogen-bond donors (Lipinski definition) is 3. The predicted molar refractivity (Wildman–Crippen MR) is 134 cm³/mol. The number of anilines is 1. The normalized spacial score (nSPS) is 12.0. The molecule has 3 N–H and O–H groups in total. The van der Waals surface area contributed by atoms with Crippen LogP contribution in [0, 0.1) is 0 Å². The number of benzene rings is 3. The minimum Gasteiger partial charge on any atom is -0.493 e. The Balaban J connectivity index is 1.75. The second-order valence-corrected chi connectivity index (χ2v) is 9.42. The first-order valence-electron chi connectivity index (χ1n) is 9.38. The van der Waals surface area contributed by atoms with Crippen LogP contribution in [0.2, 0.25) is 0 Å². The molecular weight excluding hydrogens is 493 g/mol. The van der Waals surface area contributed by atoms with Gasteiger partial charge >= 0.3 is 0 Å². The van der Waals surface area contributed by atoms with Gasteiger partial charge in [-0.25, -0.2) is 0 Å². The summed E-state index contributed by atoms with van der Waals surface area (Å²) in [6, 6.07) is 18.3. The van der Waals surface area contributed by atoms with E-state index in [0.717, 1.165) is 16.5 Å². The molecule has 0 radical (unpaired) electrons.